The third kappa shape index (κ3) is 5.03. The second-order valence-corrected chi connectivity index (χ2v) is 15.5. The van der Waals surface area contributed by atoms with E-state index in [4.69, 9.17) is 9.47 Å². The van der Waals surface area contributed by atoms with Crippen LogP contribution in [0.1, 0.15) is 72.6 Å². The van der Waals surface area contributed by atoms with Gasteiger partial charge in [-0.05, 0) is 70.4 Å². The van der Waals surface area contributed by atoms with Gasteiger partial charge in [-0.3, -0.25) is 19.4 Å². The lowest BCUT2D eigenvalue weighted by atomic mass is 9.42. The Balaban J connectivity index is 1.35. The van der Waals surface area contributed by atoms with Crippen molar-refractivity contribution in [2.75, 3.05) is 66.5 Å². The highest BCUT2D eigenvalue weighted by Crippen LogP contribution is 2.68. The van der Waals surface area contributed by atoms with E-state index in [1.54, 1.807) is 6.92 Å². The Bertz CT molecular complexity index is 1030. The second-order valence-electron chi connectivity index (χ2n) is 15.5. The molecule has 0 unspecified atom stereocenters. The molecule has 2 saturated heterocycles. The molecule has 1 N–H and O–H groups in total. The minimum atomic E-state index is -0.902. The Labute approximate surface area is 253 Å². The number of hydrogen-bond donors (Lipinski definition) is 1. The van der Waals surface area contributed by atoms with E-state index in [9.17, 15) is 14.7 Å². The van der Waals surface area contributed by atoms with Gasteiger partial charge in [0, 0.05) is 95.5 Å². The van der Waals surface area contributed by atoms with E-state index in [1.165, 1.54) is 6.92 Å². The minimum absolute atomic E-state index is 0.0352. The Morgan fingerprint density at radius 2 is 1.36 bits per heavy atom. The van der Waals surface area contributed by atoms with Crippen LogP contribution in [0.25, 0.3) is 0 Å². The van der Waals surface area contributed by atoms with Crippen LogP contribution in [0.15, 0.2) is 0 Å². The summed E-state index contributed by atoms with van der Waals surface area (Å²) < 4.78 is 12.1. The van der Waals surface area contributed by atoms with Crippen molar-refractivity contribution in [2.45, 2.75) is 103 Å². The van der Waals surface area contributed by atoms with Gasteiger partial charge in [-0.25, -0.2) is 0 Å². The summed E-state index contributed by atoms with van der Waals surface area (Å²) in [6, 6.07) is 0.291. The first-order valence-corrected chi connectivity index (χ1v) is 16.8. The molecule has 2 aliphatic heterocycles. The van der Waals surface area contributed by atoms with Crippen molar-refractivity contribution in [2.24, 2.45) is 28.6 Å². The summed E-state index contributed by atoms with van der Waals surface area (Å²) in [5.41, 5.74) is -1.21. The maximum absolute atomic E-state index is 13.0. The fourth-order valence-corrected chi connectivity index (χ4v) is 11.0. The van der Waals surface area contributed by atoms with Gasteiger partial charge >= 0.3 is 11.9 Å². The van der Waals surface area contributed by atoms with E-state index >= 15 is 0 Å². The first kappa shape index (κ1) is 30.8. The predicted molar refractivity (Wildman–Crippen MR) is 161 cm³/mol. The molecule has 0 radical (unpaired) electrons. The van der Waals surface area contributed by atoms with Crippen LogP contribution in [-0.4, -0.2) is 133 Å². The van der Waals surface area contributed by atoms with Gasteiger partial charge < -0.3 is 24.4 Å². The molecule has 9 nitrogen and oxygen atoms in total. The number of rotatable bonds is 4. The summed E-state index contributed by atoms with van der Waals surface area (Å²) >= 11 is 0. The van der Waals surface area contributed by atoms with E-state index in [-0.39, 0.29) is 47.1 Å². The van der Waals surface area contributed by atoms with E-state index in [0.717, 1.165) is 90.9 Å². The van der Waals surface area contributed by atoms with Crippen molar-refractivity contribution in [3.63, 3.8) is 0 Å². The third-order valence-electron chi connectivity index (χ3n) is 13.4. The molecule has 6 fully saturated rings. The molecule has 238 valence electrons. The smallest absolute Gasteiger partial charge is 0.302 e. The molecule has 6 rings (SSSR count). The number of likely N-dealkylation sites (N-methyl/N-ethyl adjacent to an activating group) is 2. The highest BCUT2D eigenvalue weighted by Gasteiger charge is 2.70. The molecule has 42 heavy (non-hydrogen) atoms. The fraction of sp³-hybridized carbons (Fsp3) is 0.939. The number of ether oxygens (including phenoxy) is 2. The molecule has 4 aliphatic carbocycles. The lowest BCUT2D eigenvalue weighted by Crippen LogP contribution is -2.73. The quantitative estimate of drug-likeness (QED) is 0.498. The normalized spacial score (nSPS) is 47.3. The molecule has 0 bridgehead atoms. The molecule has 0 aromatic heterocycles. The Morgan fingerprint density at radius 3 is 1.95 bits per heavy atom. The maximum Gasteiger partial charge on any atom is 0.302 e. The molecule has 6 aliphatic rings. The summed E-state index contributed by atoms with van der Waals surface area (Å²) in [6.07, 6.45) is 6.05. The van der Waals surface area contributed by atoms with Crippen molar-refractivity contribution in [1.29, 1.82) is 0 Å². The van der Waals surface area contributed by atoms with Gasteiger partial charge in [0.25, 0.3) is 0 Å². The highest BCUT2D eigenvalue weighted by atomic mass is 16.5. The first-order chi connectivity index (χ1) is 19.9. The van der Waals surface area contributed by atoms with Crippen molar-refractivity contribution >= 4 is 11.9 Å². The summed E-state index contributed by atoms with van der Waals surface area (Å²) in [5, 5.41) is 13.0. The van der Waals surface area contributed by atoms with E-state index in [1.807, 2.05) is 0 Å². The number of carbonyl (C=O) groups excluding carboxylic acids is 2. The van der Waals surface area contributed by atoms with Gasteiger partial charge in [-0.1, -0.05) is 13.8 Å². The van der Waals surface area contributed by atoms with E-state index in [2.05, 4.69) is 47.5 Å². The van der Waals surface area contributed by atoms with Crippen LogP contribution in [0.5, 0.6) is 0 Å². The number of aliphatic hydroxyl groups is 1. The lowest BCUT2D eigenvalue weighted by Gasteiger charge is -2.67. The molecule has 0 spiro atoms. The SMILES string of the molecule is CC(=O)O[C@H]1CC[C@]2(C)[C@H]3CC[C@@]4(C)[C@@H](C[C@H](N5CCN(C)CC5)[C@@H]4OC(C)=O)[C@@H]3C[C@@H](N3CCN(C)CC3)[C@@]2(O)C1. The Kier molecular flexibility index (Phi) is 8.25. The summed E-state index contributed by atoms with van der Waals surface area (Å²) in [5.74, 6) is 0.925. The van der Waals surface area contributed by atoms with Crippen molar-refractivity contribution < 1.29 is 24.2 Å². The number of esters is 2. The van der Waals surface area contributed by atoms with Gasteiger partial charge in [0.1, 0.15) is 12.2 Å². The largest absolute Gasteiger partial charge is 0.462 e. The standard InChI is InChI=1S/C33H56N4O5/c1-22(38)41-24-7-10-32(4)26-8-9-31(3)27(20-28(30(31)42-23(2)39)36-15-11-34(5)12-16-36)25(26)19-29(33(32,40)21-24)37-17-13-35(6)14-18-37/h24-30,40H,7-21H2,1-6H3/t24-,25+,26-,27-,28-,29+,30-,31-,32+,33-/m0/s1. The van der Waals surface area contributed by atoms with Crippen LogP contribution < -0.4 is 0 Å². The Morgan fingerprint density at radius 1 is 0.762 bits per heavy atom. The molecular formula is C33H56N4O5. The zero-order valence-electron chi connectivity index (χ0n) is 27.0. The Hall–Kier alpha value is -1.26. The molecule has 2 heterocycles. The van der Waals surface area contributed by atoms with Gasteiger partial charge in [-0.2, -0.15) is 0 Å². The lowest BCUT2D eigenvalue weighted by molar-refractivity contribution is -0.255. The van der Waals surface area contributed by atoms with Gasteiger partial charge in [0.15, 0.2) is 0 Å². The zero-order chi connectivity index (χ0) is 30.0. The second kappa shape index (κ2) is 11.3. The van der Waals surface area contributed by atoms with Gasteiger partial charge in [0.05, 0.1) is 5.60 Å². The average Bonchev–Trinajstić information content (AvgIpc) is 3.21. The van der Waals surface area contributed by atoms with Crippen molar-refractivity contribution in [3.05, 3.63) is 0 Å². The topological polar surface area (TPSA) is 85.8 Å². The number of fused-ring (bicyclic) bond motifs is 5. The van der Waals surface area contributed by atoms with Crippen LogP contribution in [-0.2, 0) is 19.1 Å². The molecule has 0 aromatic rings. The summed E-state index contributed by atoms with van der Waals surface area (Å²) in [6.45, 7) is 15.9. The predicted octanol–water partition coefficient (Wildman–Crippen LogP) is 2.46. The van der Waals surface area contributed by atoms with Crippen LogP contribution in [0.3, 0.4) is 0 Å². The van der Waals surface area contributed by atoms with Crippen molar-refractivity contribution in [3.8, 4) is 0 Å². The molecule has 10 atom stereocenters. The van der Waals surface area contributed by atoms with E-state index in [0.29, 0.717) is 24.2 Å². The van der Waals surface area contributed by atoms with Gasteiger partial charge in [-0.15, -0.1) is 0 Å². The first-order valence-electron chi connectivity index (χ1n) is 16.8. The molecule has 4 saturated carbocycles. The number of piperazine rings is 2. The highest BCUT2D eigenvalue weighted by molar-refractivity contribution is 5.66. The molecular weight excluding hydrogens is 532 g/mol. The zero-order valence-corrected chi connectivity index (χ0v) is 27.0. The average molecular weight is 589 g/mol. The fourth-order valence-electron chi connectivity index (χ4n) is 11.0. The van der Waals surface area contributed by atoms with Crippen molar-refractivity contribution in [1.82, 2.24) is 19.6 Å². The summed E-state index contributed by atoms with van der Waals surface area (Å²) in [7, 11) is 4.38. The number of nitrogens with zero attached hydrogens (tertiary/aromatic N) is 4. The third-order valence-corrected chi connectivity index (χ3v) is 13.4. The molecule has 0 aromatic carbocycles. The molecule has 9 heteroatoms. The van der Waals surface area contributed by atoms with Gasteiger partial charge in [0.2, 0.25) is 0 Å². The maximum atomic E-state index is 13.0. The minimum Gasteiger partial charge on any atom is -0.462 e. The van der Waals surface area contributed by atoms with Crippen LogP contribution >= 0.6 is 0 Å². The summed E-state index contributed by atoms with van der Waals surface area (Å²) in [4.78, 5) is 34.5. The van der Waals surface area contributed by atoms with Crippen LogP contribution in [0, 0.1) is 28.6 Å². The van der Waals surface area contributed by atoms with Crippen LogP contribution in [0.4, 0.5) is 0 Å². The van der Waals surface area contributed by atoms with E-state index < -0.39 is 5.60 Å². The number of carbonyl (C=O) groups is 2. The monoisotopic (exact) mass is 588 g/mol. The molecule has 0 amide bonds. The van der Waals surface area contributed by atoms with Crippen LogP contribution in [0.2, 0.25) is 0 Å². The number of hydrogen-bond acceptors (Lipinski definition) is 9.